The van der Waals surface area contributed by atoms with Crippen LogP contribution in [0.25, 0.3) is 5.57 Å². The molecule has 2 aromatic rings. The largest absolute Gasteiger partial charge is 0.477 e. The van der Waals surface area contributed by atoms with Crippen molar-refractivity contribution in [1.29, 1.82) is 0 Å². The zero-order valence-electron chi connectivity index (χ0n) is 18.1. The first-order valence-corrected chi connectivity index (χ1v) is 11.6. The minimum Gasteiger partial charge on any atom is -0.477 e. The van der Waals surface area contributed by atoms with Crippen LogP contribution < -0.4 is 16.8 Å². The van der Waals surface area contributed by atoms with Crippen LogP contribution in [0.2, 0.25) is 0 Å². The lowest BCUT2D eigenvalue weighted by Gasteiger charge is -2.49. The third-order valence-corrected chi connectivity index (χ3v) is 7.19. The number of hydrogen-bond donors (Lipinski definition) is 5. The minimum atomic E-state index is -1.42. The zero-order chi connectivity index (χ0) is 25.6. The number of carboxylic acid groups (broad SMARTS) is 2. The number of aromatic nitrogens is 3. The number of oxime groups is 1. The molecule has 184 valence electrons. The molecule has 0 unspecified atom stereocenters. The normalized spacial score (nSPS) is 19.8. The first-order valence-electron chi connectivity index (χ1n) is 9.67. The molecule has 35 heavy (non-hydrogen) atoms. The van der Waals surface area contributed by atoms with Gasteiger partial charge in [0.1, 0.15) is 41.6 Å². The number of carbonyl (C=O) groups excluding carboxylic acids is 2. The fourth-order valence-corrected chi connectivity index (χ4v) is 5.52. The number of β-lactam (4-membered cyclic amide) rings is 1. The number of thiazole rings is 1. The van der Waals surface area contributed by atoms with E-state index in [0.29, 0.717) is 0 Å². The second kappa shape index (κ2) is 8.91. The van der Waals surface area contributed by atoms with Crippen molar-refractivity contribution in [2.45, 2.75) is 11.4 Å². The molecule has 2 atom stereocenters. The molecule has 4 rings (SSSR count). The number of nitrogens with one attached hydrogen (secondary N) is 1. The lowest BCUT2D eigenvalue weighted by molar-refractivity contribution is -0.149. The van der Waals surface area contributed by atoms with E-state index in [-0.39, 0.29) is 45.2 Å². The van der Waals surface area contributed by atoms with Crippen molar-refractivity contribution in [3.8, 4) is 0 Å². The quantitative estimate of drug-likeness (QED) is 0.167. The Bertz CT molecular complexity index is 1330. The lowest BCUT2D eigenvalue weighted by Crippen LogP contribution is -2.71. The number of hydrogen-bond acceptors (Lipinski definition) is 12. The molecular formula is C18H18N8O7S2. The molecule has 17 heteroatoms. The van der Waals surface area contributed by atoms with Gasteiger partial charge in [-0.15, -0.1) is 23.1 Å². The summed E-state index contributed by atoms with van der Waals surface area (Å²) in [6, 6.07) is -1.05. The number of carboxylic acids is 2. The maximum atomic E-state index is 13.0. The molecule has 0 spiro atoms. The smallest absolute Gasteiger partial charge is 0.358 e. The van der Waals surface area contributed by atoms with E-state index in [1.807, 2.05) is 0 Å². The van der Waals surface area contributed by atoms with Crippen LogP contribution in [0.3, 0.4) is 0 Å². The molecular weight excluding hydrogens is 504 g/mol. The maximum Gasteiger partial charge on any atom is 0.358 e. The molecule has 0 bridgehead atoms. The number of aromatic carboxylic acids is 1. The molecule has 0 saturated carbocycles. The third-order valence-electron chi connectivity index (χ3n) is 5.23. The van der Waals surface area contributed by atoms with E-state index in [1.165, 1.54) is 35.9 Å². The predicted molar refractivity (Wildman–Crippen MR) is 124 cm³/mol. The Morgan fingerprint density at radius 3 is 2.51 bits per heavy atom. The van der Waals surface area contributed by atoms with Gasteiger partial charge in [0.2, 0.25) is 0 Å². The molecule has 1 saturated heterocycles. The average Bonchev–Trinajstić information content (AvgIpc) is 3.37. The van der Waals surface area contributed by atoms with Crippen LogP contribution >= 0.6 is 23.1 Å². The Morgan fingerprint density at radius 1 is 1.26 bits per heavy atom. The van der Waals surface area contributed by atoms with Crippen molar-refractivity contribution in [2.75, 3.05) is 24.3 Å². The molecule has 0 radical (unpaired) electrons. The van der Waals surface area contributed by atoms with Crippen molar-refractivity contribution in [2.24, 2.45) is 12.2 Å². The van der Waals surface area contributed by atoms with Gasteiger partial charge in [-0.1, -0.05) is 5.16 Å². The Balaban J connectivity index is 1.63. The van der Waals surface area contributed by atoms with Gasteiger partial charge in [0.15, 0.2) is 16.5 Å². The van der Waals surface area contributed by atoms with Crippen molar-refractivity contribution in [3.63, 3.8) is 0 Å². The number of carbonyl (C=O) groups is 4. The van der Waals surface area contributed by atoms with E-state index in [1.54, 1.807) is 0 Å². The number of fused-ring (bicyclic) bond motifs is 1. The molecule has 2 amide bonds. The summed E-state index contributed by atoms with van der Waals surface area (Å²) < 4.78 is 1.25. The van der Waals surface area contributed by atoms with Gasteiger partial charge in [-0.3, -0.25) is 14.5 Å². The highest BCUT2D eigenvalue weighted by atomic mass is 32.2. The van der Waals surface area contributed by atoms with E-state index in [9.17, 15) is 29.4 Å². The number of anilines is 2. The molecule has 2 aliphatic heterocycles. The Labute approximate surface area is 204 Å². The first kappa shape index (κ1) is 24.0. The Hall–Kier alpha value is -4.12. The summed E-state index contributed by atoms with van der Waals surface area (Å²) in [7, 11) is 2.68. The number of amides is 2. The van der Waals surface area contributed by atoms with Gasteiger partial charge >= 0.3 is 11.9 Å². The minimum absolute atomic E-state index is 0.0131. The summed E-state index contributed by atoms with van der Waals surface area (Å²) in [5, 5.41) is 26.3. The van der Waals surface area contributed by atoms with Crippen LogP contribution in [0, 0.1) is 0 Å². The van der Waals surface area contributed by atoms with Gasteiger partial charge in [0.05, 0.1) is 0 Å². The molecule has 4 heterocycles. The van der Waals surface area contributed by atoms with Crippen LogP contribution in [0.1, 0.15) is 22.0 Å². The second-order valence-electron chi connectivity index (χ2n) is 7.22. The maximum absolute atomic E-state index is 13.0. The van der Waals surface area contributed by atoms with E-state index < -0.39 is 40.9 Å². The van der Waals surface area contributed by atoms with E-state index in [2.05, 4.69) is 20.4 Å². The van der Waals surface area contributed by atoms with E-state index in [4.69, 9.17) is 16.3 Å². The molecule has 7 N–H and O–H groups in total. The van der Waals surface area contributed by atoms with E-state index >= 15 is 0 Å². The average molecular weight is 523 g/mol. The van der Waals surface area contributed by atoms with Gasteiger partial charge < -0.3 is 36.4 Å². The number of nitrogen functional groups attached to an aromatic ring is 2. The summed E-state index contributed by atoms with van der Waals surface area (Å²) in [4.78, 5) is 63.0. The first-order chi connectivity index (χ1) is 16.6. The standard InChI is InChI=1S/C18H18N8O7S2/c1-25-11(19)8(16(29)30)22-12(25)5-3-34-15-9(14(28)26(15)10(5)17(31)32)23-13(27)7(24-33-2)6-4-35-18(20)21-6/h4,9,15H,3,19H2,1-2H3,(H2,20,21)(H,23,27)(H,29,30)(H,31,32)/b24-7-/t9-,15+/m1/s1. The van der Waals surface area contributed by atoms with Crippen molar-refractivity contribution in [3.05, 3.63) is 28.3 Å². The number of aliphatic carboxylic acids is 1. The number of imidazole rings is 1. The number of nitrogens with zero attached hydrogens (tertiary/aromatic N) is 5. The Kier molecular flexibility index (Phi) is 6.12. The highest BCUT2D eigenvalue weighted by molar-refractivity contribution is 8.00. The molecule has 1 fully saturated rings. The van der Waals surface area contributed by atoms with Gasteiger partial charge in [-0.2, -0.15) is 0 Å². The lowest BCUT2D eigenvalue weighted by atomic mass is 10.0. The monoisotopic (exact) mass is 522 g/mol. The molecule has 2 aromatic heterocycles. The van der Waals surface area contributed by atoms with Crippen LogP contribution in [-0.4, -0.2) is 83.4 Å². The molecule has 15 nitrogen and oxygen atoms in total. The second-order valence-corrected chi connectivity index (χ2v) is 9.21. The van der Waals surface area contributed by atoms with Crippen molar-refractivity contribution in [1.82, 2.24) is 24.8 Å². The summed E-state index contributed by atoms with van der Waals surface area (Å²) in [6.07, 6.45) is 0. The zero-order valence-corrected chi connectivity index (χ0v) is 19.7. The third kappa shape index (κ3) is 3.93. The Morgan fingerprint density at radius 2 is 1.97 bits per heavy atom. The SMILES string of the molecule is CO/N=C(\C(=O)N[C@@H]1C(=O)N2C(C(=O)O)=C(c3nc(C(=O)O)c(N)n3C)CS[C@@H]12)c1csc(N)n1. The van der Waals surface area contributed by atoms with Crippen molar-refractivity contribution >= 4 is 69.1 Å². The highest BCUT2D eigenvalue weighted by Gasteiger charge is 2.55. The fraction of sp³-hybridized carbons (Fsp3) is 0.278. The molecule has 0 aliphatic carbocycles. The van der Waals surface area contributed by atoms with Gasteiger partial charge in [-0.25, -0.2) is 19.6 Å². The molecule has 0 aromatic carbocycles. The highest BCUT2D eigenvalue weighted by Crippen LogP contribution is 2.43. The summed E-state index contributed by atoms with van der Waals surface area (Å²) >= 11 is 2.26. The predicted octanol–water partition coefficient (Wildman–Crippen LogP) is -1.01. The van der Waals surface area contributed by atoms with Crippen LogP contribution in [-0.2, 0) is 26.3 Å². The number of thioether (sulfide) groups is 1. The van der Waals surface area contributed by atoms with Crippen LogP contribution in [0.4, 0.5) is 10.9 Å². The van der Waals surface area contributed by atoms with Crippen LogP contribution in [0.15, 0.2) is 16.2 Å². The summed E-state index contributed by atoms with van der Waals surface area (Å²) in [5.41, 5.74) is 10.7. The summed E-state index contributed by atoms with van der Waals surface area (Å²) in [6.45, 7) is 0. The van der Waals surface area contributed by atoms with Crippen LogP contribution in [0.5, 0.6) is 0 Å². The summed E-state index contributed by atoms with van der Waals surface area (Å²) in [5.74, 6) is -4.31. The molecule has 2 aliphatic rings. The number of nitrogens with two attached hydrogens (primary N) is 2. The van der Waals surface area contributed by atoms with Gasteiger partial charge in [0.25, 0.3) is 11.8 Å². The van der Waals surface area contributed by atoms with Crippen molar-refractivity contribution < 1.29 is 34.2 Å². The fourth-order valence-electron chi connectivity index (χ4n) is 3.63. The topological polar surface area (TPSA) is 228 Å². The number of rotatable bonds is 7. The van der Waals surface area contributed by atoms with E-state index in [0.717, 1.165) is 16.2 Å². The van der Waals surface area contributed by atoms with Gasteiger partial charge in [-0.05, 0) is 0 Å². The van der Waals surface area contributed by atoms with Gasteiger partial charge in [0, 0.05) is 23.8 Å².